The average Bonchev–Trinajstić information content (AvgIpc) is 3.02. The fourth-order valence-electron chi connectivity index (χ4n) is 3.54. The van der Waals surface area contributed by atoms with Gasteiger partial charge in [-0.1, -0.05) is 23.7 Å². The number of aromatic nitrogens is 2. The summed E-state index contributed by atoms with van der Waals surface area (Å²) in [5, 5.41) is 8.00. The van der Waals surface area contributed by atoms with E-state index in [1.807, 2.05) is 18.2 Å². The second-order valence-corrected chi connectivity index (χ2v) is 7.81. The normalized spacial score (nSPS) is 12.9. The van der Waals surface area contributed by atoms with Crippen LogP contribution in [0.1, 0.15) is 12.0 Å². The molecule has 4 aromatic rings. The van der Waals surface area contributed by atoms with Gasteiger partial charge < -0.3 is 20.1 Å². The van der Waals surface area contributed by atoms with Gasteiger partial charge in [0, 0.05) is 23.7 Å². The summed E-state index contributed by atoms with van der Waals surface area (Å²) in [7, 11) is 0. The minimum Gasteiger partial charge on any atom is -0.491 e. The van der Waals surface area contributed by atoms with Crippen LogP contribution < -0.4 is 20.1 Å². The number of hydrogen-bond donors (Lipinski definition) is 2. The van der Waals surface area contributed by atoms with Gasteiger partial charge in [0.15, 0.2) is 0 Å². The van der Waals surface area contributed by atoms with Crippen LogP contribution in [-0.2, 0) is 6.61 Å². The van der Waals surface area contributed by atoms with Crippen molar-refractivity contribution in [1.82, 2.24) is 9.97 Å². The van der Waals surface area contributed by atoms with E-state index in [-0.39, 0.29) is 12.4 Å². The molecule has 1 aromatic heterocycles. The Morgan fingerprint density at radius 3 is 2.94 bits per heavy atom. The lowest BCUT2D eigenvalue weighted by molar-refractivity contribution is 0.306. The number of rotatable bonds is 5. The second-order valence-electron chi connectivity index (χ2n) is 7.41. The van der Waals surface area contributed by atoms with Crippen LogP contribution in [0.25, 0.3) is 10.9 Å². The summed E-state index contributed by atoms with van der Waals surface area (Å²) in [6, 6.07) is 15.6. The van der Waals surface area contributed by atoms with Crippen LogP contribution in [0, 0.1) is 5.82 Å². The Labute approximate surface area is 189 Å². The van der Waals surface area contributed by atoms with E-state index >= 15 is 0 Å². The molecule has 32 heavy (non-hydrogen) atoms. The van der Waals surface area contributed by atoms with Gasteiger partial charge in [0.1, 0.15) is 36.1 Å². The zero-order valence-electron chi connectivity index (χ0n) is 17.1. The van der Waals surface area contributed by atoms with Crippen molar-refractivity contribution in [3.63, 3.8) is 0 Å². The predicted molar refractivity (Wildman–Crippen MR) is 124 cm³/mol. The number of ether oxygens (including phenoxy) is 2. The maximum atomic E-state index is 13.3. The van der Waals surface area contributed by atoms with Gasteiger partial charge in [-0.15, -0.1) is 0 Å². The first-order chi connectivity index (χ1) is 15.7. The van der Waals surface area contributed by atoms with E-state index in [9.17, 15) is 4.39 Å². The van der Waals surface area contributed by atoms with Gasteiger partial charge in [-0.25, -0.2) is 14.4 Å². The van der Waals surface area contributed by atoms with E-state index in [1.165, 1.54) is 18.5 Å². The van der Waals surface area contributed by atoms with E-state index in [2.05, 4.69) is 20.6 Å². The van der Waals surface area contributed by atoms with Gasteiger partial charge in [-0.2, -0.15) is 0 Å². The lowest BCUT2D eigenvalue weighted by Crippen LogP contribution is -2.01. The van der Waals surface area contributed by atoms with E-state index in [1.54, 1.807) is 24.3 Å². The van der Waals surface area contributed by atoms with Crippen molar-refractivity contribution >= 4 is 39.7 Å². The highest BCUT2D eigenvalue weighted by Crippen LogP contribution is 2.35. The SMILES string of the molecule is Fc1cccc(COc2ccc(Nc3ncnc4cc5c(cc34)NCCCO5)cc2Cl)c1. The number of hydrogen-bond acceptors (Lipinski definition) is 6. The molecule has 0 saturated heterocycles. The van der Waals surface area contributed by atoms with E-state index in [0.717, 1.165) is 46.6 Å². The Balaban J connectivity index is 1.37. The minimum absolute atomic E-state index is 0.223. The van der Waals surface area contributed by atoms with Gasteiger partial charge in [0.2, 0.25) is 0 Å². The molecule has 2 N–H and O–H groups in total. The predicted octanol–water partition coefficient (Wildman–Crippen LogP) is 5.94. The van der Waals surface area contributed by atoms with Crippen LogP contribution in [0.3, 0.4) is 0 Å². The fraction of sp³-hybridized carbons (Fsp3) is 0.167. The third-order valence-corrected chi connectivity index (χ3v) is 5.40. The molecule has 0 spiro atoms. The molecule has 0 amide bonds. The molecule has 5 rings (SSSR count). The fourth-order valence-corrected chi connectivity index (χ4v) is 3.77. The lowest BCUT2D eigenvalue weighted by atomic mass is 10.2. The van der Waals surface area contributed by atoms with Crippen molar-refractivity contribution in [2.75, 3.05) is 23.8 Å². The van der Waals surface area contributed by atoms with Gasteiger partial charge in [-0.05, 0) is 48.4 Å². The van der Waals surface area contributed by atoms with Crippen molar-refractivity contribution in [1.29, 1.82) is 0 Å². The summed E-state index contributed by atoms with van der Waals surface area (Å²) in [6.07, 6.45) is 2.45. The maximum absolute atomic E-state index is 13.3. The first kappa shape index (κ1) is 20.3. The maximum Gasteiger partial charge on any atom is 0.144 e. The summed E-state index contributed by atoms with van der Waals surface area (Å²) < 4.78 is 24.9. The first-order valence-electron chi connectivity index (χ1n) is 10.2. The number of fused-ring (bicyclic) bond motifs is 2. The quantitative estimate of drug-likeness (QED) is 0.392. The van der Waals surface area contributed by atoms with Crippen molar-refractivity contribution in [2.45, 2.75) is 13.0 Å². The number of nitrogens with one attached hydrogen (secondary N) is 2. The summed E-state index contributed by atoms with van der Waals surface area (Å²) in [5.41, 5.74) is 3.19. The Morgan fingerprint density at radius 1 is 1.12 bits per heavy atom. The van der Waals surface area contributed by atoms with Crippen molar-refractivity contribution < 1.29 is 13.9 Å². The molecule has 2 heterocycles. The molecular formula is C24H20ClFN4O2. The molecule has 0 saturated carbocycles. The van der Waals surface area contributed by atoms with Gasteiger partial charge >= 0.3 is 0 Å². The molecule has 0 atom stereocenters. The number of nitrogens with zero attached hydrogens (tertiary/aromatic N) is 2. The third kappa shape index (κ3) is 4.38. The molecule has 0 unspecified atom stereocenters. The van der Waals surface area contributed by atoms with Crippen LogP contribution >= 0.6 is 11.6 Å². The third-order valence-electron chi connectivity index (χ3n) is 5.11. The van der Waals surface area contributed by atoms with E-state index in [0.29, 0.717) is 23.2 Å². The van der Waals surface area contributed by atoms with Crippen LogP contribution in [0.4, 0.5) is 21.6 Å². The standard InChI is InChI=1S/C24H20ClFN4O2/c25-19-10-17(5-6-22(19)32-13-15-3-1-4-16(26)9-15)30-24-18-11-21-23(31-8-2-7-27-21)12-20(18)28-14-29-24/h1,3-6,9-12,14,27H,2,7-8,13H2,(H,28,29,30). The summed E-state index contributed by atoms with van der Waals surface area (Å²) in [5.74, 6) is 1.67. The zero-order valence-corrected chi connectivity index (χ0v) is 17.8. The average molecular weight is 451 g/mol. The zero-order chi connectivity index (χ0) is 21.9. The Morgan fingerprint density at radius 2 is 2.06 bits per heavy atom. The van der Waals surface area contributed by atoms with E-state index < -0.39 is 0 Å². The van der Waals surface area contributed by atoms with Crippen LogP contribution in [0.2, 0.25) is 5.02 Å². The van der Waals surface area contributed by atoms with Crippen LogP contribution in [0.15, 0.2) is 60.9 Å². The first-order valence-corrected chi connectivity index (χ1v) is 10.6. The molecule has 0 radical (unpaired) electrons. The van der Waals surface area contributed by atoms with Gasteiger partial charge in [0.05, 0.1) is 22.8 Å². The lowest BCUT2D eigenvalue weighted by Gasteiger charge is -2.13. The topological polar surface area (TPSA) is 68.3 Å². The molecule has 1 aliphatic rings. The van der Waals surface area contributed by atoms with Crippen molar-refractivity contribution in [3.8, 4) is 11.5 Å². The molecule has 0 fully saturated rings. The minimum atomic E-state index is -0.299. The molecule has 8 heteroatoms. The van der Waals surface area contributed by atoms with Crippen molar-refractivity contribution in [3.05, 3.63) is 77.3 Å². The highest BCUT2D eigenvalue weighted by Gasteiger charge is 2.14. The summed E-state index contributed by atoms with van der Waals surface area (Å²) >= 11 is 6.43. The molecule has 3 aromatic carbocycles. The molecule has 0 aliphatic carbocycles. The highest BCUT2D eigenvalue weighted by molar-refractivity contribution is 6.32. The largest absolute Gasteiger partial charge is 0.491 e. The highest BCUT2D eigenvalue weighted by atomic mass is 35.5. The molecule has 162 valence electrons. The van der Waals surface area contributed by atoms with Crippen LogP contribution in [-0.4, -0.2) is 23.1 Å². The molecular weight excluding hydrogens is 431 g/mol. The van der Waals surface area contributed by atoms with Crippen molar-refractivity contribution in [2.24, 2.45) is 0 Å². The molecule has 0 bridgehead atoms. The summed E-state index contributed by atoms with van der Waals surface area (Å²) in [4.78, 5) is 8.79. The Hall–Kier alpha value is -3.58. The van der Waals surface area contributed by atoms with Gasteiger partial charge in [0.25, 0.3) is 0 Å². The van der Waals surface area contributed by atoms with Crippen LogP contribution in [0.5, 0.6) is 11.5 Å². The summed E-state index contributed by atoms with van der Waals surface area (Å²) in [6.45, 7) is 1.75. The number of anilines is 3. The number of benzene rings is 3. The smallest absolute Gasteiger partial charge is 0.144 e. The molecule has 1 aliphatic heterocycles. The molecule has 6 nitrogen and oxygen atoms in total. The number of halogens is 2. The van der Waals surface area contributed by atoms with Gasteiger partial charge in [-0.3, -0.25) is 0 Å². The second kappa shape index (κ2) is 8.88. The Kier molecular flexibility index (Phi) is 5.64. The monoisotopic (exact) mass is 450 g/mol. The Bertz CT molecular complexity index is 1280. The van der Waals surface area contributed by atoms with E-state index in [4.69, 9.17) is 21.1 Å².